The number of unbranched alkanes of at least 4 members (excludes halogenated alkanes) is 9. The third-order valence-corrected chi connectivity index (χ3v) is 3.55. The van der Waals surface area contributed by atoms with Crippen molar-refractivity contribution in [2.45, 2.75) is 77.6 Å². The van der Waals surface area contributed by atoms with Crippen LogP contribution in [0.25, 0.3) is 0 Å². The Balaban J connectivity index is 3.53. The minimum absolute atomic E-state index is 0.344. The molecule has 0 aliphatic heterocycles. The minimum Gasteiger partial charge on any atom is -0.481 e. The molecular formula is C17H30O4. The number of aliphatic carboxylic acids is 2. The van der Waals surface area contributed by atoms with Crippen molar-refractivity contribution in [2.24, 2.45) is 5.92 Å². The van der Waals surface area contributed by atoms with Crippen LogP contribution in [0.1, 0.15) is 77.6 Å². The minimum atomic E-state index is -1.07. The number of rotatable bonds is 14. The van der Waals surface area contributed by atoms with Crippen LogP contribution in [-0.2, 0) is 9.59 Å². The van der Waals surface area contributed by atoms with Gasteiger partial charge in [-0.2, -0.15) is 0 Å². The predicted octanol–water partition coefficient (Wildman–Crippen LogP) is 4.64. The highest BCUT2D eigenvalue weighted by Gasteiger charge is 2.17. The summed E-state index contributed by atoms with van der Waals surface area (Å²) in [7, 11) is 0. The summed E-state index contributed by atoms with van der Waals surface area (Å²) in [6.45, 7) is 2.22. The summed E-state index contributed by atoms with van der Waals surface area (Å²) in [5.41, 5.74) is 0. The molecule has 1 atom stereocenters. The zero-order chi connectivity index (χ0) is 15.9. The lowest BCUT2D eigenvalue weighted by Gasteiger charge is -2.03. The normalized spacial score (nSPS) is 12.6. The lowest BCUT2D eigenvalue weighted by Crippen LogP contribution is -2.15. The summed E-state index contributed by atoms with van der Waals surface area (Å²) in [4.78, 5) is 21.4. The van der Waals surface area contributed by atoms with Crippen LogP contribution < -0.4 is 0 Å². The van der Waals surface area contributed by atoms with Gasteiger partial charge in [-0.1, -0.05) is 70.4 Å². The van der Waals surface area contributed by atoms with Gasteiger partial charge in [0, 0.05) is 0 Å². The topological polar surface area (TPSA) is 74.6 Å². The van der Waals surface area contributed by atoms with Crippen molar-refractivity contribution in [3.8, 4) is 0 Å². The number of hydrogen-bond acceptors (Lipinski definition) is 2. The summed E-state index contributed by atoms with van der Waals surface area (Å²) in [5, 5.41) is 17.5. The van der Waals surface area contributed by atoms with Crippen LogP contribution in [-0.4, -0.2) is 22.2 Å². The van der Waals surface area contributed by atoms with Crippen molar-refractivity contribution in [3.63, 3.8) is 0 Å². The molecule has 21 heavy (non-hydrogen) atoms. The molecule has 0 amide bonds. The van der Waals surface area contributed by atoms with Crippen molar-refractivity contribution >= 4 is 11.9 Å². The van der Waals surface area contributed by atoms with E-state index >= 15 is 0 Å². The molecule has 0 aromatic rings. The Morgan fingerprint density at radius 1 is 0.905 bits per heavy atom. The average Bonchev–Trinajstić information content (AvgIpc) is 2.42. The van der Waals surface area contributed by atoms with E-state index in [1.807, 2.05) is 6.08 Å². The molecule has 0 aromatic carbocycles. The van der Waals surface area contributed by atoms with E-state index in [-0.39, 0.29) is 6.42 Å². The summed E-state index contributed by atoms with van der Waals surface area (Å²) in [5.74, 6) is -3.04. The van der Waals surface area contributed by atoms with E-state index in [0.717, 1.165) is 19.3 Å². The molecule has 0 spiro atoms. The molecule has 4 nitrogen and oxygen atoms in total. The van der Waals surface area contributed by atoms with Gasteiger partial charge in [-0.25, -0.2) is 0 Å². The van der Waals surface area contributed by atoms with Crippen molar-refractivity contribution < 1.29 is 19.8 Å². The number of allylic oxidation sites excluding steroid dienone is 1. The molecule has 0 heterocycles. The molecule has 0 fully saturated rings. The van der Waals surface area contributed by atoms with Gasteiger partial charge in [0.1, 0.15) is 0 Å². The van der Waals surface area contributed by atoms with Gasteiger partial charge in [-0.3, -0.25) is 9.59 Å². The first-order valence-corrected chi connectivity index (χ1v) is 8.19. The third-order valence-electron chi connectivity index (χ3n) is 3.55. The molecule has 2 N–H and O–H groups in total. The van der Waals surface area contributed by atoms with Crippen LogP contribution in [0.5, 0.6) is 0 Å². The second kappa shape index (κ2) is 13.7. The van der Waals surface area contributed by atoms with E-state index in [9.17, 15) is 9.59 Å². The maximum absolute atomic E-state index is 10.8. The van der Waals surface area contributed by atoms with Crippen LogP contribution in [0.3, 0.4) is 0 Å². The second-order valence-corrected chi connectivity index (χ2v) is 5.59. The summed E-state index contributed by atoms with van der Waals surface area (Å²) in [6.07, 6.45) is 15.2. The average molecular weight is 298 g/mol. The summed E-state index contributed by atoms with van der Waals surface area (Å²) >= 11 is 0. The zero-order valence-electron chi connectivity index (χ0n) is 13.2. The van der Waals surface area contributed by atoms with Crippen molar-refractivity contribution in [1.82, 2.24) is 0 Å². The Bertz CT molecular complexity index is 310. The smallest absolute Gasteiger partial charge is 0.310 e. The number of carboxylic acids is 2. The fourth-order valence-electron chi connectivity index (χ4n) is 2.26. The fraction of sp³-hybridized carbons (Fsp3) is 0.765. The molecule has 0 saturated carbocycles. The quantitative estimate of drug-likeness (QED) is 0.362. The molecule has 0 bridgehead atoms. The van der Waals surface area contributed by atoms with Gasteiger partial charge < -0.3 is 10.2 Å². The molecule has 0 rings (SSSR count). The van der Waals surface area contributed by atoms with Gasteiger partial charge in [-0.05, 0) is 12.8 Å². The molecular weight excluding hydrogens is 268 g/mol. The molecule has 0 aliphatic carbocycles. The largest absolute Gasteiger partial charge is 0.481 e. The van der Waals surface area contributed by atoms with Gasteiger partial charge in [0.25, 0.3) is 0 Å². The fourth-order valence-corrected chi connectivity index (χ4v) is 2.26. The van der Waals surface area contributed by atoms with E-state index < -0.39 is 17.9 Å². The Kier molecular flexibility index (Phi) is 12.8. The van der Waals surface area contributed by atoms with E-state index in [1.54, 1.807) is 0 Å². The standard InChI is InChI=1S/C17H30O4/c1-2-3-4-5-6-7-8-9-10-11-12-13-15(17(20)21)14-16(18)19/h12-13,15H,2-11,14H2,1H3,(H,18,19)(H,20,21)/b13-12+. The molecule has 0 radical (unpaired) electrons. The SMILES string of the molecule is CCCCCCCCCCC/C=C/C(CC(=O)O)C(=O)O. The lowest BCUT2D eigenvalue weighted by molar-refractivity contribution is -0.146. The van der Waals surface area contributed by atoms with E-state index in [2.05, 4.69) is 6.92 Å². The summed E-state index contributed by atoms with van der Waals surface area (Å²) < 4.78 is 0. The van der Waals surface area contributed by atoms with Gasteiger partial charge in [-0.15, -0.1) is 0 Å². The van der Waals surface area contributed by atoms with Gasteiger partial charge in [0.05, 0.1) is 12.3 Å². The van der Waals surface area contributed by atoms with Crippen LogP contribution >= 0.6 is 0 Å². The summed E-state index contributed by atoms with van der Waals surface area (Å²) in [6, 6.07) is 0. The second-order valence-electron chi connectivity index (χ2n) is 5.59. The molecule has 0 saturated heterocycles. The Morgan fingerprint density at radius 2 is 1.43 bits per heavy atom. The highest BCUT2D eigenvalue weighted by atomic mass is 16.4. The maximum Gasteiger partial charge on any atom is 0.310 e. The molecule has 122 valence electrons. The highest BCUT2D eigenvalue weighted by Crippen LogP contribution is 2.12. The molecule has 4 heteroatoms. The van der Waals surface area contributed by atoms with Crippen LogP contribution in [0.15, 0.2) is 12.2 Å². The molecule has 0 aromatic heterocycles. The van der Waals surface area contributed by atoms with E-state index in [1.165, 1.54) is 51.0 Å². The Labute approximate surface area is 128 Å². The van der Waals surface area contributed by atoms with E-state index in [4.69, 9.17) is 10.2 Å². The van der Waals surface area contributed by atoms with E-state index in [0.29, 0.717) is 0 Å². The maximum atomic E-state index is 10.8. The van der Waals surface area contributed by atoms with Crippen molar-refractivity contribution in [2.75, 3.05) is 0 Å². The van der Waals surface area contributed by atoms with Crippen LogP contribution in [0.2, 0.25) is 0 Å². The first-order valence-electron chi connectivity index (χ1n) is 8.19. The number of carboxylic acid groups (broad SMARTS) is 2. The van der Waals surface area contributed by atoms with Gasteiger partial charge in [0.2, 0.25) is 0 Å². The highest BCUT2D eigenvalue weighted by molar-refractivity contribution is 5.79. The first kappa shape index (κ1) is 19.7. The van der Waals surface area contributed by atoms with Crippen LogP contribution in [0.4, 0.5) is 0 Å². The monoisotopic (exact) mass is 298 g/mol. The Morgan fingerprint density at radius 3 is 1.90 bits per heavy atom. The Hall–Kier alpha value is -1.32. The molecule has 0 aliphatic rings. The predicted molar refractivity (Wildman–Crippen MR) is 84.4 cm³/mol. The lowest BCUT2D eigenvalue weighted by atomic mass is 10.0. The first-order chi connectivity index (χ1) is 10.1. The van der Waals surface area contributed by atoms with Crippen molar-refractivity contribution in [1.29, 1.82) is 0 Å². The number of hydrogen-bond donors (Lipinski definition) is 2. The third kappa shape index (κ3) is 13.4. The van der Waals surface area contributed by atoms with Crippen LogP contribution in [0, 0.1) is 5.92 Å². The zero-order valence-corrected chi connectivity index (χ0v) is 13.2. The van der Waals surface area contributed by atoms with Crippen molar-refractivity contribution in [3.05, 3.63) is 12.2 Å². The number of carbonyl (C=O) groups is 2. The van der Waals surface area contributed by atoms with Gasteiger partial charge >= 0.3 is 11.9 Å². The molecule has 1 unspecified atom stereocenters. The van der Waals surface area contributed by atoms with Gasteiger partial charge in [0.15, 0.2) is 0 Å².